The van der Waals surface area contributed by atoms with Crippen LogP contribution in [0.2, 0.25) is 0 Å². The lowest BCUT2D eigenvalue weighted by Crippen LogP contribution is -2.37. The lowest BCUT2D eigenvalue weighted by molar-refractivity contribution is -0.160. The SMILES string of the molecule is C#CCOC(c1ccc(C)c(CN2C[C@@H](CC)Oc3ccccc3S2(=O)=O)c1)C(C)(C)C(=O)OC. The Morgan fingerprint density at radius 3 is 2.66 bits per heavy atom. The number of hydrogen-bond donors (Lipinski definition) is 0. The summed E-state index contributed by atoms with van der Waals surface area (Å²) in [4.78, 5) is 12.7. The van der Waals surface area contributed by atoms with E-state index in [1.807, 2.05) is 32.0 Å². The molecule has 0 saturated carbocycles. The van der Waals surface area contributed by atoms with Gasteiger partial charge in [0.25, 0.3) is 0 Å². The molecule has 2 atom stereocenters. The fourth-order valence-corrected chi connectivity index (χ4v) is 5.81. The average Bonchev–Trinajstić information content (AvgIpc) is 2.94. The van der Waals surface area contributed by atoms with Crippen molar-refractivity contribution in [3.8, 4) is 18.1 Å². The molecule has 1 aliphatic rings. The van der Waals surface area contributed by atoms with Crippen molar-refractivity contribution in [1.82, 2.24) is 4.31 Å². The second-order valence-electron chi connectivity index (χ2n) is 9.19. The first-order valence-electron chi connectivity index (χ1n) is 11.5. The van der Waals surface area contributed by atoms with Crippen molar-refractivity contribution in [1.29, 1.82) is 0 Å². The molecule has 3 rings (SSSR count). The second-order valence-corrected chi connectivity index (χ2v) is 11.1. The Balaban J connectivity index is 2.03. The van der Waals surface area contributed by atoms with Gasteiger partial charge in [-0.15, -0.1) is 6.42 Å². The van der Waals surface area contributed by atoms with Crippen molar-refractivity contribution in [3.63, 3.8) is 0 Å². The summed E-state index contributed by atoms with van der Waals surface area (Å²) in [6, 6.07) is 12.4. The number of carbonyl (C=O) groups excluding carboxylic acids is 1. The van der Waals surface area contributed by atoms with E-state index in [4.69, 9.17) is 20.6 Å². The van der Waals surface area contributed by atoms with Crippen LogP contribution < -0.4 is 4.74 Å². The van der Waals surface area contributed by atoms with Crippen molar-refractivity contribution in [3.05, 3.63) is 59.2 Å². The van der Waals surface area contributed by atoms with Gasteiger partial charge in [-0.2, -0.15) is 4.31 Å². The molecule has 188 valence electrons. The number of rotatable bonds is 8. The van der Waals surface area contributed by atoms with Gasteiger partial charge in [0, 0.05) is 6.54 Å². The highest BCUT2D eigenvalue weighted by molar-refractivity contribution is 7.89. The molecule has 1 aliphatic heterocycles. The summed E-state index contributed by atoms with van der Waals surface area (Å²) in [6.07, 6.45) is 5.12. The van der Waals surface area contributed by atoms with E-state index in [0.29, 0.717) is 17.7 Å². The van der Waals surface area contributed by atoms with E-state index in [0.717, 1.165) is 11.1 Å². The number of nitrogens with zero attached hydrogens (tertiary/aromatic N) is 1. The van der Waals surface area contributed by atoms with Gasteiger partial charge in [0.05, 0.1) is 25.2 Å². The number of aryl methyl sites for hydroxylation is 1. The maximum Gasteiger partial charge on any atom is 0.314 e. The fourth-order valence-electron chi connectivity index (χ4n) is 4.24. The minimum absolute atomic E-state index is 0.0150. The molecule has 0 N–H and O–H groups in total. The molecule has 0 bridgehead atoms. The first-order valence-corrected chi connectivity index (χ1v) is 13.0. The molecule has 1 unspecified atom stereocenters. The van der Waals surface area contributed by atoms with Gasteiger partial charge >= 0.3 is 5.97 Å². The maximum absolute atomic E-state index is 13.6. The predicted octanol–water partition coefficient (Wildman–Crippen LogP) is 4.25. The summed E-state index contributed by atoms with van der Waals surface area (Å²) < 4.78 is 45.6. The number of para-hydroxylation sites is 1. The summed E-state index contributed by atoms with van der Waals surface area (Å²) >= 11 is 0. The van der Waals surface area contributed by atoms with Crippen LogP contribution in [-0.2, 0) is 30.8 Å². The third-order valence-electron chi connectivity index (χ3n) is 6.35. The number of ether oxygens (including phenoxy) is 3. The maximum atomic E-state index is 13.6. The quantitative estimate of drug-likeness (QED) is 0.399. The van der Waals surface area contributed by atoms with Gasteiger partial charge in [0.2, 0.25) is 10.0 Å². The topological polar surface area (TPSA) is 82.1 Å². The van der Waals surface area contributed by atoms with Gasteiger partial charge in [0.15, 0.2) is 0 Å². The lowest BCUT2D eigenvalue weighted by atomic mass is 9.81. The Kier molecular flexibility index (Phi) is 8.26. The summed E-state index contributed by atoms with van der Waals surface area (Å²) in [5.41, 5.74) is 1.41. The van der Waals surface area contributed by atoms with E-state index in [1.165, 1.54) is 11.4 Å². The van der Waals surface area contributed by atoms with Gasteiger partial charge in [-0.1, -0.05) is 43.2 Å². The van der Waals surface area contributed by atoms with Crippen molar-refractivity contribution in [2.75, 3.05) is 20.3 Å². The number of hydrogen-bond acceptors (Lipinski definition) is 6. The molecular formula is C27H33NO6S. The second kappa shape index (κ2) is 10.8. The number of terminal acetylenes is 1. The number of methoxy groups -OCH3 is 1. The first-order chi connectivity index (χ1) is 16.6. The number of fused-ring (bicyclic) bond motifs is 1. The molecule has 7 nitrogen and oxygen atoms in total. The van der Waals surface area contributed by atoms with Crippen molar-refractivity contribution >= 4 is 16.0 Å². The molecule has 0 fully saturated rings. The van der Waals surface area contributed by atoms with Crippen LogP contribution in [0.4, 0.5) is 0 Å². The van der Waals surface area contributed by atoms with Crippen LogP contribution in [-0.4, -0.2) is 45.1 Å². The molecule has 35 heavy (non-hydrogen) atoms. The van der Waals surface area contributed by atoms with E-state index in [9.17, 15) is 13.2 Å². The van der Waals surface area contributed by atoms with Crippen LogP contribution in [0, 0.1) is 24.7 Å². The van der Waals surface area contributed by atoms with Crippen LogP contribution in [0.5, 0.6) is 5.75 Å². The number of benzene rings is 2. The van der Waals surface area contributed by atoms with Crippen LogP contribution in [0.25, 0.3) is 0 Å². The monoisotopic (exact) mass is 499 g/mol. The molecule has 0 radical (unpaired) electrons. The molecule has 0 aliphatic carbocycles. The Morgan fingerprint density at radius 2 is 2.00 bits per heavy atom. The number of esters is 1. The molecule has 2 aromatic carbocycles. The molecule has 2 aromatic rings. The van der Waals surface area contributed by atoms with E-state index in [2.05, 4.69) is 5.92 Å². The summed E-state index contributed by atoms with van der Waals surface area (Å²) in [7, 11) is -2.46. The fraction of sp³-hybridized carbons (Fsp3) is 0.444. The van der Waals surface area contributed by atoms with E-state index in [-0.39, 0.29) is 30.7 Å². The Labute approximate surface area is 208 Å². The molecule has 8 heteroatoms. The molecular weight excluding hydrogens is 466 g/mol. The third kappa shape index (κ3) is 5.53. The molecule has 0 amide bonds. The standard InChI is InChI=1S/C27H33NO6S/c1-7-15-33-25(27(4,5)26(29)32-6)20-14-13-19(3)21(16-20)17-28-18-22(8-2)34-23-11-9-10-12-24(23)35(28,30)31/h1,9-14,16,22,25H,8,15,17-18H2,2-6H3/t22-,25?/m1/s1. The lowest BCUT2D eigenvalue weighted by Gasteiger charge is -2.32. The van der Waals surface area contributed by atoms with Gasteiger partial charge in [-0.3, -0.25) is 4.79 Å². The molecule has 1 heterocycles. The Morgan fingerprint density at radius 1 is 1.29 bits per heavy atom. The van der Waals surface area contributed by atoms with E-state index >= 15 is 0 Å². The predicted molar refractivity (Wildman–Crippen MR) is 133 cm³/mol. The zero-order chi connectivity index (χ0) is 25.8. The van der Waals surface area contributed by atoms with Gasteiger partial charge in [-0.05, 0) is 56.0 Å². The smallest absolute Gasteiger partial charge is 0.314 e. The summed E-state index contributed by atoms with van der Waals surface area (Å²) in [5.74, 6) is 2.39. The van der Waals surface area contributed by atoms with Gasteiger partial charge in [0.1, 0.15) is 23.4 Å². The van der Waals surface area contributed by atoms with E-state index < -0.39 is 27.5 Å². The largest absolute Gasteiger partial charge is 0.488 e. The summed E-state index contributed by atoms with van der Waals surface area (Å²) in [6.45, 7) is 7.75. The van der Waals surface area contributed by atoms with Crippen LogP contribution in [0.3, 0.4) is 0 Å². The number of carbonyl (C=O) groups is 1. The van der Waals surface area contributed by atoms with Crippen LogP contribution in [0.15, 0.2) is 47.4 Å². The normalized spacial score (nSPS) is 18.5. The van der Waals surface area contributed by atoms with E-state index in [1.54, 1.807) is 38.1 Å². The zero-order valence-corrected chi connectivity index (χ0v) is 21.7. The zero-order valence-electron chi connectivity index (χ0n) is 20.9. The summed E-state index contributed by atoms with van der Waals surface area (Å²) in [5, 5.41) is 0. The minimum Gasteiger partial charge on any atom is -0.488 e. The highest BCUT2D eigenvalue weighted by Crippen LogP contribution is 2.39. The molecule has 0 saturated heterocycles. The Bertz CT molecular complexity index is 1210. The average molecular weight is 500 g/mol. The van der Waals surface area contributed by atoms with Crippen LogP contribution in [0.1, 0.15) is 50.0 Å². The molecule has 0 spiro atoms. The van der Waals surface area contributed by atoms with Gasteiger partial charge in [-0.25, -0.2) is 8.42 Å². The van der Waals surface area contributed by atoms with Crippen molar-refractivity contribution in [2.24, 2.45) is 5.41 Å². The molecule has 0 aromatic heterocycles. The third-order valence-corrected chi connectivity index (χ3v) is 8.20. The Hall–Kier alpha value is -2.86. The first kappa shape index (κ1) is 26.7. The highest BCUT2D eigenvalue weighted by Gasteiger charge is 2.40. The van der Waals surface area contributed by atoms with Gasteiger partial charge < -0.3 is 14.2 Å². The van der Waals surface area contributed by atoms with Crippen molar-refractivity contribution in [2.45, 2.75) is 57.8 Å². The van der Waals surface area contributed by atoms with Crippen molar-refractivity contribution < 1.29 is 27.4 Å². The highest BCUT2D eigenvalue weighted by atomic mass is 32.2. The minimum atomic E-state index is -3.79. The van der Waals surface area contributed by atoms with Crippen LogP contribution >= 0.6 is 0 Å². The number of sulfonamides is 1.